The summed E-state index contributed by atoms with van der Waals surface area (Å²) in [7, 11) is 0. The quantitative estimate of drug-likeness (QED) is 0.764. The molecule has 4 atom stereocenters. The number of imidazole rings is 1. The van der Waals surface area contributed by atoms with Crippen LogP contribution in [0.15, 0.2) is 18.5 Å². The molecule has 2 aromatic rings. The predicted molar refractivity (Wildman–Crippen MR) is 111 cm³/mol. The van der Waals surface area contributed by atoms with Gasteiger partial charge in [0.25, 0.3) is 0 Å². The maximum absolute atomic E-state index is 12.2. The number of nitrogens with zero attached hydrogens (tertiary/aromatic N) is 4. The highest BCUT2D eigenvalue weighted by molar-refractivity contribution is 5.84. The van der Waals surface area contributed by atoms with E-state index in [9.17, 15) is 4.79 Å². The van der Waals surface area contributed by atoms with Gasteiger partial charge < -0.3 is 18.8 Å². The summed E-state index contributed by atoms with van der Waals surface area (Å²) in [4.78, 5) is 25.8. The van der Waals surface area contributed by atoms with Gasteiger partial charge in [-0.2, -0.15) is 4.98 Å². The number of hydrogen-bond donors (Lipinski definition) is 1. The van der Waals surface area contributed by atoms with Gasteiger partial charge in [-0.25, -0.2) is 14.8 Å². The van der Waals surface area contributed by atoms with Gasteiger partial charge in [0.2, 0.25) is 5.95 Å². The molecule has 1 saturated carbocycles. The lowest BCUT2D eigenvalue weighted by Crippen LogP contribution is -2.35. The average Bonchev–Trinajstić information content (AvgIpc) is 3.20. The van der Waals surface area contributed by atoms with Crippen LogP contribution in [0.5, 0.6) is 0 Å². The number of ether oxygens (including phenoxy) is 3. The van der Waals surface area contributed by atoms with Crippen molar-refractivity contribution in [3.63, 3.8) is 0 Å². The highest BCUT2D eigenvalue weighted by Gasteiger charge is 2.43. The zero-order valence-corrected chi connectivity index (χ0v) is 18.1. The summed E-state index contributed by atoms with van der Waals surface area (Å²) in [6, 6.07) is -0.00659. The second kappa shape index (κ2) is 7.63. The molecule has 2 fully saturated rings. The number of aromatic nitrogens is 4. The van der Waals surface area contributed by atoms with Crippen LogP contribution in [0, 0.1) is 5.92 Å². The molecule has 1 aliphatic carbocycles. The summed E-state index contributed by atoms with van der Waals surface area (Å²) in [6.07, 6.45) is 2.47. The van der Waals surface area contributed by atoms with Gasteiger partial charge in [-0.05, 0) is 46.1 Å². The van der Waals surface area contributed by atoms with Gasteiger partial charge in [0.1, 0.15) is 11.1 Å². The number of carbonyl (C=O) groups is 1. The lowest BCUT2D eigenvalue weighted by molar-refractivity contribution is -0.215. The first-order valence-electron chi connectivity index (χ1n) is 10.4. The number of rotatable bonds is 3. The third-order valence-electron chi connectivity index (χ3n) is 5.46. The van der Waals surface area contributed by atoms with Crippen molar-refractivity contribution in [3.05, 3.63) is 24.2 Å². The van der Waals surface area contributed by atoms with Crippen LogP contribution in [0.4, 0.5) is 10.7 Å². The lowest BCUT2D eigenvalue weighted by atomic mass is 10.0. The topological polar surface area (TPSA) is 100 Å². The second-order valence-electron chi connectivity index (χ2n) is 8.81. The van der Waals surface area contributed by atoms with Crippen LogP contribution in [0.1, 0.15) is 52.8 Å². The lowest BCUT2D eigenvalue weighted by Gasteiger charge is -2.30. The van der Waals surface area contributed by atoms with E-state index >= 15 is 0 Å². The Morgan fingerprint density at radius 3 is 2.87 bits per heavy atom. The van der Waals surface area contributed by atoms with Crippen LogP contribution in [-0.4, -0.2) is 50.2 Å². The normalized spacial score (nSPS) is 26.6. The van der Waals surface area contributed by atoms with Crippen molar-refractivity contribution in [3.8, 4) is 0 Å². The Morgan fingerprint density at radius 2 is 2.17 bits per heavy atom. The van der Waals surface area contributed by atoms with Gasteiger partial charge in [0.15, 0.2) is 11.9 Å². The van der Waals surface area contributed by atoms with Crippen LogP contribution in [0.2, 0.25) is 0 Å². The second-order valence-corrected chi connectivity index (χ2v) is 8.81. The van der Waals surface area contributed by atoms with E-state index in [1.165, 1.54) is 0 Å². The molecule has 2 aromatic heterocycles. The Hall–Kier alpha value is -2.52. The van der Waals surface area contributed by atoms with Gasteiger partial charge in [0, 0.05) is 5.92 Å². The number of amides is 1. The molecule has 1 N–H and O–H groups in total. The molecule has 162 valence electrons. The number of nitrogens with one attached hydrogen (secondary N) is 1. The van der Waals surface area contributed by atoms with Crippen molar-refractivity contribution in [2.75, 3.05) is 11.9 Å². The number of fused-ring (bicyclic) bond motifs is 2. The summed E-state index contributed by atoms with van der Waals surface area (Å²) in [5.74, 6) is 0.347. The summed E-state index contributed by atoms with van der Waals surface area (Å²) in [5, 5.41) is 2.65. The fraction of sp³-hybridized carbons (Fsp3) is 0.619. The van der Waals surface area contributed by atoms with Crippen LogP contribution < -0.4 is 5.32 Å². The van der Waals surface area contributed by atoms with E-state index in [4.69, 9.17) is 14.2 Å². The van der Waals surface area contributed by atoms with Crippen molar-refractivity contribution < 1.29 is 19.0 Å². The van der Waals surface area contributed by atoms with E-state index in [1.807, 2.05) is 18.4 Å². The molecule has 4 unspecified atom stereocenters. The summed E-state index contributed by atoms with van der Waals surface area (Å²) in [5.41, 5.74) is 2.58. The van der Waals surface area contributed by atoms with Gasteiger partial charge in [-0.3, -0.25) is 5.32 Å². The summed E-state index contributed by atoms with van der Waals surface area (Å²) in [6.45, 7) is 14.2. The van der Waals surface area contributed by atoms with Crippen molar-refractivity contribution in [2.45, 2.75) is 71.5 Å². The van der Waals surface area contributed by atoms with Crippen LogP contribution in [0.25, 0.3) is 11.2 Å². The molecule has 9 nitrogen and oxygen atoms in total. The third kappa shape index (κ3) is 3.91. The monoisotopic (exact) mass is 415 g/mol. The first-order valence-corrected chi connectivity index (χ1v) is 10.4. The molecule has 4 rings (SSSR count). The number of carbonyl (C=O) groups excluding carboxylic acids is 1. The fourth-order valence-electron chi connectivity index (χ4n) is 4.10. The maximum atomic E-state index is 12.2. The number of hydrogen-bond acceptors (Lipinski definition) is 7. The van der Waals surface area contributed by atoms with Gasteiger partial charge in [-0.15, -0.1) is 0 Å². The smallest absolute Gasteiger partial charge is 0.414 e. The van der Waals surface area contributed by atoms with E-state index in [-0.39, 0.29) is 30.3 Å². The molecule has 9 heteroatoms. The molecule has 0 bridgehead atoms. The molecule has 1 amide bonds. The Balaban J connectivity index is 1.66. The highest BCUT2D eigenvalue weighted by atomic mass is 16.7. The first kappa shape index (κ1) is 20.7. The largest absolute Gasteiger partial charge is 0.444 e. The molecule has 0 spiro atoms. The SMILES string of the molecule is C=C1C2COC(C)OC2CC1n1cnc2c(CC)nc(NC(=O)OC(C)(C)C)nc21. The molecular weight excluding hydrogens is 386 g/mol. The van der Waals surface area contributed by atoms with Crippen molar-refractivity contribution in [1.82, 2.24) is 19.5 Å². The number of aryl methyl sites for hydroxylation is 1. The zero-order valence-electron chi connectivity index (χ0n) is 18.1. The first-order chi connectivity index (χ1) is 14.2. The van der Waals surface area contributed by atoms with Gasteiger partial charge >= 0.3 is 6.09 Å². The maximum Gasteiger partial charge on any atom is 0.414 e. The van der Waals surface area contributed by atoms with E-state index in [0.29, 0.717) is 18.7 Å². The Morgan fingerprint density at radius 1 is 1.40 bits per heavy atom. The van der Waals surface area contributed by atoms with Gasteiger partial charge in [-0.1, -0.05) is 13.5 Å². The minimum Gasteiger partial charge on any atom is -0.444 e. The Bertz CT molecular complexity index is 980. The Kier molecular flexibility index (Phi) is 5.27. The molecule has 30 heavy (non-hydrogen) atoms. The highest BCUT2D eigenvalue weighted by Crippen LogP contribution is 2.44. The summed E-state index contributed by atoms with van der Waals surface area (Å²) < 4.78 is 19.0. The third-order valence-corrected chi connectivity index (χ3v) is 5.46. The molecular formula is C21H29N5O4. The average molecular weight is 415 g/mol. The molecule has 2 aliphatic rings. The molecule has 3 heterocycles. The van der Waals surface area contributed by atoms with E-state index in [0.717, 1.165) is 23.2 Å². The van der Waals surface area contributed by atoms with Crippen molar-refractivity contribution >= 4 is 23.2 Å². The van der Waals surface area contributed by atoms with Crippen LogP contribution in [-0.2, 0) is 20.6 Å². The van der Waals surface area contributed by atoms with Crippen LogP contribution in [0.3, 0.4) is 0 Å². The minimum absolute atomic E-state index is 0.00659. The molecule has 1 saturated heterocycles. The summed E-state index contributed by atoms with van der Waals surface area (Å²) >= 11 is 0. The molecule has 0 aromatic carbocycles. The van der Waals surface area contributed by atoms with Gasteiger partial charge in [0.05, 0.1) is 30.8 Å². The molecule has 1 aliphatic heterocycles. The standard InChI is InChI=1S/C21H29N5O4/c1-7-14-17-18(24-19(23-14)25-20(27)30-21(4,5)6)26(10-22-17)15-8-16-13(11(15)2)9-28-12(3)29-16/h10,12-13,15-16H,2,7-9H2,1,3-6H3,(H,23,24,25,27). The van der Waals surface area contributed by atoms with Crippen molar-refractivity contribution in [1.29, 1.82) is 0 Å². The zero-order chi connectivity index (χ0) is 21.6. The van der Waals surface area contributed by atoms with E-state index in [1.54, 1.807) is 27.1 Å². The minimum atomic E-state index is -0.610. The molecule has 0 radical (unpaired) electrons. The number of anilines is 1. The fourth-order valence-corrected chi connectivity index (χ4v) is 4.10. The predicted octanol–water partition coefficient (Wildman–Crippen LogP) is 3.61. The van der Waals surface area contributed by atoms with Crippen molar-refractivity contribution in [2.24, 2.45) is 5.92 Å². The van der Waals surface area contributed by atoms with E-state index in [2.05, 4.69) is 26.8 Å². The van der Waals surface area contributed by atoms with Crippen LogP contribution >= 0.6 is 0 Å². The van der Waals surface area contributed by atoms with E-state index < -0.39 is 11.7 Å². The Labute approximate surface area is 175 Å².